The van der Waals surface area contributed by atoms with Crippen LogP contribution in [0.4, 0.5) is 13.2 Å². The van der Waals surface area contributed by atoms with Crippen LogP contribution < -0.4 is 0 Å². The monoisotopic (exact) mass is 311 g/mol. The molecule has 2 nitrogen and oxygen atoms in total. The van der Waals surface area contributed by atoms with Crippen LogP contribution in [-0.2, 0) is 11.0 Å². The average molecular weight is 311 g/mol. The molecule has 21 heavy (non-hydrogen) atoms. The molecule has 1 aromatic carbocycles. The Balaban J connectivity index is 1.93. The Kier molecular flexibility index (Phi) is 3.43. The van der Waals surface area contributed by atoms with Gasteiger partial charge in [0, 0.05) is 0 Å². The van der Waals surface area contributed by atoms with Crippen molar-refractivity contribution in [3.8, 4) is 0 Å². The topological polar surface area (TPSA) is 40.9 Å². The number of ketones is 1. The molecule has 3 rings (SSSR count). The van der Waals surface area contributed by atoms with Gasteiger partial charge in [-0.3, -0.25) is 10.2 Å². The number of carbonyl (C=O) groups is 1. The Morgan fingerprint density at radius 1 is 1.29 bits per heavy atom. The van der Waals surface area contributed by atoms with Gasteiger partial charge in [-0.15, -0.1) is 0 Å². The molecule has 6 heteroatoms. The van der Waals surface area contributed by atoms with Crippen LogP contribution in [0.5, 0.6) is 0 Å². The minimum absolute atomic E-state index is 0.103. The lowest BCUT2D eigenvalue weighted by atomic mass is 9.94. The molecule has 0 aromatic heterocycles. The summed E-state index contributed by atoms with van der Waals surface area (Å²) in [5.74, 6) is -0.747. The molecular formula is C15H12F3NOS. The zero-order chi connectivity index (χ0) is 15.2. The Bertz CT molecular complexity index is 647. The second kappa shape index (κ2) is 5.02. The number of carbonyl (C=O) groups excluding carboxylic acids is 1. The van der Waals surface area contributed by atoms with Gasteiger partial charge in [0.2, 0.25) is 0 Å². The highest BCUT2D eigenvalue weighted by Crippen LogP contribution is 2.43. The van der Waals surface area contributed by atoms with Crippen LogP contribution in [0.25, 0.3) is 0 Å². The van der Waals surface area contributed by atoms with E-state index in [9.17, 15) is 18.0 Å². The van der Waals surface area contributed by atoms with Gasteiger partial charge in [-0.2, -0.15) is 13.2 Å². The standard InChI is InChI=1S/C15H12F3NOS/c16-15(17,18)10-3-1-2-9(7-10)12-13(20)11(21-14(12)19)6-8-4-5-8/h1-3,6-8,12,19H,4-5H2. The van der Waals surface area contributed by atoms with E-state index in [1.165, 1.54) is 12.1 Å². The number of hydrogen-bond acceptors (Lipinski definition) is 3. The largest absolute Gasteiger partial charge is 0.416 e. The molecule has 1 saturated heterocycles. The van der Waals surface area contributed by atoms with E-state index in [4.69, 9.17) is 5.41 Å². The van der Waals surface area contributed by atoms with E-state index < -0.39 is 17.7 Å². The predicted molar refractivity (Wildman–Crippen MR) is 75.3 cm³/mol. The van der Waals surface area contributed by atoms with Gasteiger partial charge in [-0.1, -0.05) is 36.0 Å². The van der Waals surface area contributed by atoms with E-state index in [1.807, 2.05) is 6.08 Å². The molecule has 1 heterocycles. The fraction of sp³-hybridized carbons (Fsp3) is 0.333. The summed E-state index contributed by atoms with van der Waals surface area (Å²) >= 11 is 1.07. The number of nitrogens with one attached hydrogen (secondary N) is 1. The van der Waals surface area contributed by atoms with E-state index in [-0.39, 0.29) is 16.4 Å². The van der Waals surface area contributed by atoms with Crippen LogP contribution in [-0.4, -0.2) is 10.8 Å². The maximum absolute atomic E-state index is 12.8. The molecule has 1 saturated carbocycles. The van der Waals surface area contributed by atoms with Gasteiger partial charge < -0.3 is 0 Å². The van der Waals surface area contributed by atoms with Gasteiger partial charge in [0.1, 0.15) is 0 Å². The fourth-order valence-electron chi connectivity index (χ4n) is 2.28. The minimum atomic E-state index is -4.44. The summed E-state index contributed by atoms with van der Waals surface area (Å²) in [5, 5.41) is 8.02. The highest BCUT2D eigenvalue weighted by atomic mass is 32.2. The van der Waals surface area contributed by atoms with Crippen molar-refractivity contribution < 1.29 is 18.0 Å². The first-order valence-corrected chi connectivity index (χ1v) is 7.37. The molecule has 1 unspecified atom stereocenters. The van der Waals surface area contributed by atoms with Crippen molar-refractivity contribution in [3.05, 3.63) is 46.4 Å². The fourth-order valence-corrected chi connectivity index (χ4v) is 3.36. The molecule has 0 radical (unpaired) electrons. The number of thioether (sulfide) groups is 1. The van der Waals surface area contributed by atoms with Crippen molar-refractivity contribution in [1.82, 2.24) is 0 Å². The summed E-state index contributed by atoms with van der Waals surface area (Å²) in [5.41, 5.74) is -0.545. The van der Waals surface area contributed by atoms with Crippen molar-refractivity contribution in [2.24, 2.45) is 5.92 Å². The van der Waals surface area contributed by atoms with E-state index in [0.29, 0.717) is 10.8 Å². The molecule has 1 aliphatic carbocycles. The van der Waals surface area contributed by atoms with Crippen LogP contribution >= 0.6 is 11.8 Å². The van der Waals surface area contributed by atoms with E-state index in [1.54, 1.807) is 0 Å². The van der Waals surface area contributed by atoms with Gasteiger partial charge in [0.25, 0.3) is 0 Å². The smallest absolute Gasteiger partial charge is 0.297 e. The Labute approximate surface area is 123 Å². The first kappa shape index (κ1) is 14.4. The second-order valence-corrected chi connectivity index (χ2v) is 6.34. The second-order valence-electron chi connectivity index (χ2n) is 5.26. The highest BCUT2D eigenvalue weighted by molar-refractivity contribution is 8.18. The number of halogens is 3. The summed E-state index contributed by atoms with van der Waals surface area (Å²) < 4.78 is 38.3. The summed E-state index contributed by atoms with van der Waals surface area (Å²) in [4.78, 5) is 12.8. The zero-order valence-electron chi connectivity index (χ0n) is 10.9. The quantitative estimate of drug-likeness (QED) is 0.824. The molecule has 1 atom stereocenters. The van der Waals surface area contributed by atoms with Gasteiger partial charge in [0.15, 0.2) is 5.78 Å². The van der Waals surface area contributed by atoms with Crippen LogP contribution in [0.3, 0.4) is 0 Å². The third-order valence-corrected chi connectivity index (χ3v) is 4.56. The SMILES string of the molecule is N=C1SC(=CC2CC2)C(=O)C1c1cccc(C(F)(F)F)c1. The van der Waals surface area contributed by atoms with Crippen molar-refractivity contribution in [1.29, 1.82) is 5.41 Å². The number of hydrogen-bond donors (Lipinski definition) is 1. The van der Waals surface area contributed by atoms with E-state index in [2.05, 4.69) is 0 Å². The molecular weight excluding hydrogens is 299 g/mol. The van der Waals surface area contributed by atoms with Crippen molar-refractivity contribution in [2.75, 3.05) is 0 Å². The van der Waals surface area contributed by atoms with Gasteiger partial charge in [0.05, 0.1) is 21.4 Å². The minimum Gasteiger partial charge on any atom is -0.297 e. The lowest BCUT2D eigenvalue weighted by Gasteiger charge is -2.11. The van der Waals surface area contributed by atoms with Gasteiger partial charge in [-0.05, 0) is 30.4 Å². The van der Waals surface area contributed by atoms with Crippen molar-refractivity contribution in [2.45, 2.75) is 24.9 Å². The lowest BCUT2D eigenvalue weighted by Crippen LogP contribution is -2.13. The lowest BCUT2D eigenvalue weighted by molar-refractivity contribution is -0.137. The van der Waals surface area contributed by atoms with Crippen LogP contribution in [0.15, 0.2) is 35.2 Å². The molecule has 2 fully saturated rings. The molecule has 0 amide bonds. The van der Waals surface area contributed by atoms with Crippen molar-refractivity contribution >= 4 is 22.6 Å². The third-order valence-electron chi connectivity index (χ3n) is 3.54. The maximum Gasteiger partial charge on any atom is 0.416 e. The van der Waals surface area contributed by atoms with Gasteiger partial charge >= 0.3 is 6.18 Å². The van der Waals surface area contributed by atoms with Crippen molar-refractivity contribution in [3.63, 3.8) is 0 Å². The molecule has 110 valence electrons. The molecule has 0 bridgehead atoms. The normalized spacial score (nSPS) is 24.9. The summed E-state index contributed by atoms with van der Waals surface area (Å²) in [7, 11) is 0. The van der Waals surface area contributed by atoms with Crippen LogP contribution in [0, 0.1) is 11.3 Å². The average Bonchev–Trinajstić information content (AvgIpc) is 3.16. The Morgan fingerprint density at radius 2 is 2.00 bits per heavy atom. The summed E-state index contributed by atoms with van der Waals surface area (Å²) in [6.45, 7) is 0. The predicted octanol–water partition coefficient (Wildman–Crippen LogP) is 4.38. The summed E-state index contributed by atoms with van der Waals surface area (Å²) in [6.07, 6.45) is -0.507. The molecule has 1 aliphatic heterocycles. The van der Waals surface area contributed by atoms with Crippen LogP contribution in [0.1, 0.15) is 29.9 Å². The highest BCUT2D eigenvalue weighted by Gasteiger charge is 2.39. The van der Waals surface area contributed by atoms with Gasteiger partial charge in [-0.25, -0.2) is 0 Å². The molecule has 0 spiro atoms. The number of Topliss-reactive ketones (excluding diaryl/α,β-unsaturated/α-hetero) is 1. The number of rotatable bonds is 2. The zero-order valence-corrected chi connectivity index (χ0v) is 11.7. The summed E-state index contributed by atoms with van der Waals surface area (Å²) in [6, 6.07) is 4.71. The van der Waals surface area contributed by atoms with Crippen LogP contribution in [0.2, 0.25) is 0 Å². The first-order valence-electron chi connectivity index (χ1n) is 6.56. The number of allylic oxidation sites excluding steroid dienone is 2. The molecule has 1 aromatic rings. The maximum atomic E-state index is 12.8. The Morgan fingerprint density at radius 3 is 2.62 bits per heavy atom. The Hall–Kier alpha value is -1.56. The molecule has 1 N–H and O–H groups in total. The number of benzene rings is 1. The third kappa shape index (κ3) is 2.90. The molecule has 2 aliphatic rings. The van der Waals surface area contributed by atoms with E-state index >= 15 is 0 Å². The first-order chi connectivity index (χ1) is 9.86. The van der Waals surface area contributed by atoms with E-state index in [0.717, 1.165) is 36.7 Å². The number of alkyl halides is 3.